The molecule has 4 rings (SSSR count). The third-order valence-corrected chi connectivity index (χ3v) is 4.79. The molecule has 1 heterocycles. The van der Waals surface area contributed by atoms with Crippen molar-refractivity contribution in [3.63, 3.8) is 0 Å². The van der Waals surface area contributed by atoms with Gasteiger partial charge in [-0.25, -0.2) is 0 Å². The monoisotopic (exact) mass is 364 g/mol. The first-order chi connectivity index (χ1) is 13.7. The Hall–Kier alpha value is -3.72. The predicted molar refractivity (Wildman–Crippen MR) is 113 cm³/mol. The van der Waals surface area contributed by atoms with E-state index < -0.39 is 5.91 Å². The van der Waals surface area contributed by atoms with Gasteiger partial charge >= 0.3 is 0 Å². The van der Waals surface area contributed by atoms with Gasteiger partial charge in [0.05, 0.1) is 0 Å². The van der Waals surface area contributed by atoms with Crippen molar-refractivity contribution in [2.24, 2.45) is 5.73 Å². The van der Waals surface area contributed by atoms with E-state index >= 15 is 0 Å². The van der Waals surface area contributed by atoms with Crippen LogP contribution in [0.5, 0.6) is 0 Å². The van der Waals surface area contributed by atoms with Gasteiger partial charge in [0, 0.05) is 6.20 Å². The molecular weight excluding hydrogens is 344 g/mol. The summed E-state index contributed by atoms with van der Waals surface area (Å²) in [7, 11) is 0. The van der Waals surface area contributed by atoms with Crippen molar-refractivity contribution in [3.05, 3.63) is 114 Å². The minimum absolute atomic E-state index is 0.294. The van der Waals surface area contributed by atoms with E-state index in [1.54, 1.807) is 12.3 Å². The van der Waals surface area contributed by atoms with Gasteiger partial charge < -0.3 is 5.73 Å². The quantitative estimate of drug-likeness (QED) is 0.535. The Kier molecular flexibility index (Phi) is 4.98. The van der Waals surface area contributed by atoms with Crippen LogP contribution in [0.1, 0.15) is 21.6 Å². The number of nitrogens with two attached hydrogens (primary N) is 1. The highest BCUT2D eigenvalue weighted by atomic mass is 16.1. The number of hydrogen-bond acceptors (Lipinski definition) is 2. The van der Waals surface area contributed by atoms with Crippen molar-refractivity contribution < 1.29 is 4.79 Å². The zero-order valence-corrected chi connectivity index (χ0v) is 15.4. The molecule has 0 spiro atoms. The fourth-order valence-electron chi connectivity index (χ4n) is 3.37. The van der Waals surface area contributed by atoms with Crippen molar-refractivity contribution in [2.75, 3.05) is 0 Å². The summed E-state index contributed by atoms with van der Waals surface area (Å²) >= 11 is 0. The average Bonchev–Trinajstić information content (AvgIpc) is 2.75. The van der Waals surface area contributed by atoms with Crippen LogP contribution >= 0.6 is 0 Å². The first-order valence-corrected chi connectivity index (χ1v) is 9.19. The summed E-state index contributed by atoms with van der Waals surface area (Å²) in [6, 6.07) is 31.0. The maximum absolute atomic E-state index is 11.4. The van der Waals surface area contributed by atoms with E-state index in [-0.39, 0.29) is 0 Å². The highest BCUT2D eigenvalue weighted by molar-refractivity contribution is 5.90. The number of carbonyl (C=O) groups excluding carboxylic acids is 1. The summed E-state index contributed by atoms with van der Waals surface area (Å²) in [6.45, 7) is 0. The zero-order chi connectivity index (χ0) is 19.3. The number of amides is 1. The molecule has 0 atom stereocenters. The minimum Gasteiger partial charge on any atom is -0.364 e. The van der Waals surface area contributed by atoms with E-state index in [4.69, 9.17) is 5.73 Å². The van der Waals surface area contributed by atoms with Crippen LogP contribution in [-0.4, -0.2) is 10.9 Å². The van der Waals surface area contributed by atoms with Gasteiger partial charge in [0.15, 0.2) is 0 Å². The van der Waals surface area contributed by atoms with Crippen LogP contribution in [0.15, 0.2) is 97.2 Å². The van der Waals surface area contributed by atoms with Crippen LogP contribution in [0.25, 0.3) is 22.3 Å². The Morgan fingerprint density at radius 3 is 2.14 bits per heavy atom. The molecule has 0 fully saturated rings. The van der Waals surface area contributed by atoms with Crippen LogP contribution in [0.3, 0.4) is 0 Å². The summed E-state index contributed by atoms with van der Waals surface area (Å²) < 4.78 is 0. The second-order valence-corrected chi connectivity index (χ2v) is 6.69. The van der Waals surface area contributed by atoms with E-state index in [2.05, 4.69) is 53.5 Å². The lowest BCUT2D eigenvalue weighted by molar-refractivity contribution is 0.0995. The van der Waals surface area contributed by atoms with Crippen LogP contribution in [-0.2, 0) is 6.42 Å². The van der Waals surface area contributed by atoms with E-state index in [9.17, 15) is 4.79 Å². The van der Waals surface area contributed by atoms with Crippen LogP contribution < -0.4 is 5.73 Å². The largest absolute Gasteiger partial charge is 0.364 e. The van der Waals surface area contributed by atoms with Crippen molar-refractivity contribution in [3.8, 4) is 22.3 Å². The molecule has 3 heteroatoms. The Bertz CT molecular complexity index is 1100. The Morgan fingerprint density at radius 2 is 1.39 bits per heavy atom. The van der Waals surface area contributed by atoms with Crippen LogP contribution in [0.2, 0.25) is 0 Å². The molecule has 0 saturated carbocycles. The Morgan fingerprint density at radius 1 is 0.750 bits per heavy atom. The number of carbonyl (C=O) groups is 1. The summed E-state index contributed by atoms with van der Waals surface area (Å²) in [6.07, 6.45) is 2.34. The summed E-state index contributed by atoms with van der Waals surface area (Å²) in [5.41, 5.74) is 12.6. The van der Waals surface area contributed by atoms with Gasteiger partial charge in [-0.15, -0.1) is 0 Å². The molecule has 0 unspecified atom stereocenters. The number of rotatable bonds is 5. The summed E-state index contributed by atoms with van der Waals surface area (Å²) in [5.74, 6) is -0.508. The fraction of sp³-hybridized carbons (Fsp3) is 0.0400. The van der Waals surface area contributed by atoms with Crippen LogP contribution in [0, 0.1) is 0 Å². The molecule has 0 aliphatic heterocycles. The molecule has 136 valence electrons. The molecule has 0 radical (unpaired) electrons. The fourth-order valence-corrected chi connectivity index (χ4v) is 3.37. The van der Waals surface area contributed by atoms with E-state index in [0.717, 1.165) is 5.56 Å². The molecule has 1 amide bonds. The maximum atomic E-state index is 11.4. The van der Waals surface area contributed by atoms with Gasteiger partial charge in [-0.2, -0.15) is 0 Å². The molecule has 0 aliphatic rings. The first-order valence-electron chi connectivity index (χ1n) is 9.19. The summed E-state index contributed by atoms with van der Waals surface area (Å²) in [4.78, 5) is 15.4. The van der Waals surface area contributed by atoms with Gasteiger partial charge in [0.25, 0.3) is 5.91 Å². The molecule has 0 saturated heterocycles. The second-order valence-electron chi connectivity index (χ2n) is 6.69. The number of aromatic nitrogens is 1. The lowest BCUT2D eigenvalue weighted by Crippen LogP contribution is -2.13. The number of hydrogen-bond donors (Lipinski definition) is 1. The van der Waals surface area contributed by atoms with Crippen molar-refractivity contribution in [1.29, 1.82) is 0 Å². The minimum atomic E-state index is -0.508. The predicted octanol–water partition coefficient (Wildman–Crippen LogP) is 5.11. The van der Waals surface area contributed by atoms with E-state index in [1.165, 1.54) is 27.8 Å². The van der Waals surface area contributed by atoms with Gasteiger partial charge in [0.2, 0.25) is 0 Å². The van der Waals surface area contributed by atoms with Crippen molar-refractivity contribution >= 4 is 5.91 Å². The molecule has 3 aromatic carbocycles. The topological polar surface area (TPSA) is 56.0 Å². The Labute approximate surface area is 164 Å². The normalized spacial score (nSPS) is 10.6. The molecule has 4 aromatic rings. The number of primary amides is 1. The standard InChI is InChI=1S/C25H20N2O/c26-25(28)24-17-18(14-15-27-24)16-22-8-4-5-9-23(22)21-12-10-20(11-13-21)19-6-2-1-3-7-19/h1-15,17H,16H2,(H2,26,28). The Balaban J connectivity index is 1.65. The van der Waals surface area contributed by atoms with Gasteiger partial charge in [-0.05, 0) is 51.9 Å². The maximum Gasteiger partial charge on any atom is 0.267 e. The first kappa shape index (κ1) is 17.7. The van der Waals surface area contributed by atoms with Gasteiger partial charge in [-0.1, -0.05) is 78.9 Å². The van der Waals surface area contributed by atoms with Crippen molar-refractivity contribution in [2.45, 2.75) is 6.42 Å². The molecule has 3 nitrogen and oxygen atoms in total. The summed E-state index contributed by atoms with van der Waals surface area (Å²) in [5, 5.41) is 0. The SMILES string of the molecule is NC(=O)c1cc(Cc2ccccc2-c2ccc(-c3ccccc3)cc2)ccn1. The van der Waals surface area contributed by atoms with Crippen LogP contribution in [0.4, 0.5) is 0 Å². The molecule has 1 aromatic heterocycles. The van der Waals surface area contributed by atoms with Crippen molar-refractivity contribution in [1.82, 2.24) is 4.98 Å². The smallest absolute Gasteiger partial charge is 0.267 e. The molecule has 2 N–H and O–H groups in total. The lowest BCUT2D eigenvalue weighted by atomic mass is 9.94. The van der Waals surface area contributed by atoms with Gasteiger partial charge in [0.1, 0.15) is 5.69 Å². The van der Waals surface area contributed by atoms with Gasteiger partial charge in [-0.3, -0.25) is 9.78 Å². The molecular formula is C25H20N2O. The third-order valence-electron chi connectivity index (χ3n) is 4.79. The number of nitrogens with zero attached hydrogens (tertiary/aromatic N) is 1. The molecule has 0 aliphatic carbocycles. The highest BCUT2D eigenvalue weighted by Gasteiger charge is 2.08. The number of benzene rings is 3. The lowest BCUT2D eigenvalue weighted by Gasteiger charge is -2.11. The molecule has 0 bridgehead atoms. The average molecular weight is 364 g/mol. The second kappa shape index (κ2) is 7.89. The molecule has 28 heavy (non-hydrogen) atoms. The third kappa shape index (κ3) is 3.84. The zero-order valence-electron chi connectivity index (χ0n) is 15.4. The van der Waals surface area contributed by atoms with E-state index in [0.29, 0.717) is 12.1 Å². The highest BCUT2D eigenvalue weighted by Crippen LogP contribution is 2.28. The van der Waals surface area contributed by atoms with E-state index in [1.807, 2.05) is 36.4 Å². The number of pyridine rings is 1.